The molecule has 0 aliphatic heterocycles. The van der Waals surface area contributed by atoms with Gasteiger partial charge in [0.05, 0.1) is 0 Å². The lowest BCUT2D eigenvalue weighted by molar-refractivity contribution is 1.18. The Morgan fingerprint density at radius 1 is 0.529 bits per heavy atom. The van der Waals surface area contributed by atoms with Crippen LogP contribution < -0.4 is 21.2 Å². The van der Waals surface area contributed by atoms with E-state index in [1.54, 1.807) is 0 Å². The van der Waals surface area contributed by atoms with Crippen molar-refractivity contribution in [2.75, 3.05) is 0 Å². The van der Waals surface area contributed by atoms with E-state index >= 15 is 0 Å². The number of nitrogens with zero attached hydrogens (tertiary/aromatic N) is 1. The summed E-state index contributed by atoms with van der Waals surface area (Å²) in [7, 11) is -1.28. The molecule has 0 spiro atoms. The van der Waals surface area contributed by atoms with Crippen molar-refractivity contribution in [3.8, 4) is 0 Å². The lowest BCUT2D eigenvalue weighted by atomic mass is 10.4. The summed E-state index contributed by atoms with van der Waals surface area (Å²) in [6.45, 7) is 4.49. The Labute approximate surface area is 206 Å². The van der Waals surface area contributed by atoms with Crippen LogP contribution in [0, 0.1) is 0 Å². The van der Waals surface area contributed by atoms with Crippen molar-refractivity contribution in [3.63, 3.8) is 0 Å². The number of hydrogen-bond donors (Lipinski definition) is 0. The molecule has 4 aromatic carbocycles. The predicted molar refractivity (Wildman–Crippen MR) is 154 cm³/mol. The molecule has 0 radical (unpaired) electrons. The van der Waals surface area contributed by atoms with E-state index in [-0.39, 0.29) is 0 Å². The van der Waals surface area contributed by atoms with E-state index in [1.807, 2.05) is 0 Å². The summed E-state index contributed by atoms with van der Waals surface area (Å²) < 4.78 is 0. The Hall–Kier alpha value is -2.85. The van der Waals surface area contributed by atoms with E-state index in [9.17, 15) is 0 Å². The highest BCUT2D eigenvalue weighted by Crippen LogP contribution is 2.45. The van der Waals surface area contributed by atoms with Crippen LogP contribution in [-0.2, 0) is 0 Å². The molecule has 1 nitrogen and oxygen atoms in total. The Balaban J connectivity index is 1.80. The van der Waals surface area contributed by atoms with Gasteiger partial charge in [-0.15, -0.1) is 0 Å². The van der Waals surface area contributed by atoms with Gasteiger partial charge in [-0.05, 0) is 47.3 Å². The standard InChI is InChI=1S/C31H31NP2/c1-3-26(33(27-17-9-5-10-18-27)28-19-11-6-12-20-28)25-32-31(4-2)34(29-21-13-7-14-22-29)30-23-15-8-16-24-30/h5-25H,3-4H2,1-2H3/b26-25-,32-31?. The Kier molecular flexibility index (Phi) is 8.97. The molecule has 0 atom stereocenters. The lowest BCUT2D eigenvalue weighted by Gasteiger charge is -2.22. The molecule has 0 heterocycles. The third-order valence-electron chi connectivity index (χ3n) is 5.64. The highest BCUT2D eigenvalue weighted by molar-refractivity contribution is 7.88. The minimum Gasteiger partial charge on any atom is -0.260 e. The zero-order valence-corrected chi connectivity index (χ0v) is 21.7. The highest BCUT2D eigenvalue weighted by atomic mass is 31.1. The van der Waals surface area contributed by atoms with Gasteiger partial charge in [0.25, 0.3) is 0 Å². The number of hydrogen-bond acceptors (Lipinski definition) is 1. The molecule has 4 aromatic rings. The van der Waals surface area contributed by atoms with Crippen LogP contribution in [0.3, 0.4) is 0 Å². The molecule has 0 saturated heterocycles. The minimum absolute atomic E-state index is 0.617. The van der Waals surface area contributed by atoms with Gasteiger partial charge in [-0.1, -0.05) is 135 Å². The molecule has 0 N–H and O–H groups in total. The summed E-state index contributed by atoms with van der Waals surface area (Å²) in [6.07, 6.45) is 4.09. The molecule has 170 valence electrons. The van der Waals surface area contributed by atoms with E-state index in [4.69, 9.17) is 4.99 Å². The molecule has 4 rings (SSSR count). The zero-order chi connectivity index (χ0) is 23.6. The van der Waals surface area contributed by atoms with Crippen molar-refractivity contribution >= 4 is 42.5 Å². The van der Waals surface area contributed by atoms with Gasteiger partial charge in [0.15, 0.2) is 0 Å². The van der Waals surface area contributed by atoms with Crippen molar-refractivity contribution < 1.29 is 0 Å². The minimum atomic E-state index is -0.665. The maximum atomic E-state index is 5.24. The van der Waals surface area contributed by atoms with Gasteiger partial charge in [0, 0.05) is 19.6 Å². The van der Waals surface area contributed by atoms with Crippen LogP contribution in [0.1, 0.15) is 26.7 Å². The van der Waals surface area contributed by atoms with Crippen LogP contribution in [0.15, 0.2) is 138 Å². The third-order valence-corrected chi connectivity index (χ3v) is 10.9. The molecular weight excluding hydrogens is 448 g/mol. The second kappa shape index (κ2) is 12.6. The van der Waals surface area contributed by atoms with Gasteiger partial charge in [-0.25, -0.2) is 0 Å². The Bertz CT molecular complexity index is 1030. The Morgan fingerprint density at radius 2 is 0.882 bits per heavy atom. The summed E-state index contributed by atoms with van der Waals surface area (Å²) in [5.41, 5.74) is 1.26. The summed E-state index contributed by atoms with van der Waals surface area (Å²) >= 11 is 0. The van der Waals surface area contributed by atoms with Gasteiger partial charge < -0.3 is 0 Å². The quantitative estimate of drug-likeness (QED) is 0.176. The van der Waals surface area contributed by atoms with Crippen LogP contribution in [-0.4, -0.2) is 5.45 Å². The fourth-order valence-corrected chi connectivity index (χ4v) is 8.72. The lowest BCUT2D eigenvalue weighted by Crippen LogP contribution is -2.17. The van der Waals surface area contributed by atoms with Crippen LogP contribution in [0.2, 0.25) is 0 Å². The zero-order valence-electron chi connectivity index (χ0n) is 19.9. The van der Waals surface area contributed by atoms with E-state index in [0.717, 1.165) is 12.8 Å². The van der Waals surface area contributed by atoms with Crippen LogP contribution in [0.5, 0.6) is 0 Å². The maximum Gasteiger partial charge on any atom is 0.0495 e. The fourth-order valence-electron chi connectivity index (χ4n) is 4.00. The van der Waals surface area contributed by atoms with E-state index in [1.165, 1.54) is 32.0 Å². The second-order valence-corrected chi connectivity index (χ2v) is 12.4. The van der Waals surface area contributed by atoms with E-state index < -0.39 is 15.8 Å². The third kappa shape index (κ3) is 5.98. The predicted octanol–water partition coefficient (Wildman–Crippen LogP) is 7.31. The van der Waals surface area contributed by atoms with Gasteiger partial charge in [-0.2, -0.15) is 0 Å². The van der Waals surface area contributed by atoms with Crippen molar-refractivity contribution in [2.24, 2.45) is 4.99 Å². The van der Waals surface area contributed by atoms with Crippen molar-refractivity contribution in [1.29, 1.82) is 0 Å². The maximum absolute atomic E-state index is 5.24. The molecule has 0 aliphatic carbocycles. The first-order chi connectivity index (χ1) is 16.8. The Morgan fingerprint density at radius 3 is 1.21 bits per heavy atom. The summed E-state index contributed by atoms with van der Waals surface area (Å²) in [5, 5.41) is 6.85. The summed E-state index contributed by atoms with van der Waals surface area (Å²) in [4.78, 5) is 5.24. The molecule has 0 amide bonds. The average Bonchev–Trinajstić information content (AvgIpc) is 2.92. The topological polar surface area (TPSA) is 12.4 Å². The molecular formula is C31H31NP2. The number of allylic oxidation sites excluding steroid dienone is 1. The first kappa shape index (κ1) is 24.3. The average molecular weight is 480 g/mol. The van der Waals surface area contributed by atoms with Gasteiger partial charge in [0.1, 0.15) is 0 Å². The van der Waals surface area contributed by atoms with Gasteiger partial charge in [0.2, 0.25) is 0 Å². The molecule has 0 saturated carbocycles. The number of rotatable bonds is 9. The van der Waals surface area contributed by atoms with Gasteiger partial charge >= 0.3 is 0 Å². The van der Waals surface area contributed by atoms with Crippen molar-refractivity contribution in [1.82, 2.24) is 0 Å². The molecule has 0 aromatic heterocycles. The van der Waals surface area contributed by atoms with Gasteiger partial charge in [-0.3, -0.25) is 4.99 Å². The van der Waals surface area contributed by atoms with Crippen molar-refractivity contribution in [3.05, 3.63) is 133 Å². The summed E-state index contributed by atoms with van der Waals surface area (Å²) in [6, 6.07) is 43.5. The van der Waals surface area contributed by atoms with Crippen LogP contribution in [0.25, 0.3) is 0 Å². The highest BCUT2D eigenvalue weighted by Gasteiger charge is 2.20. The van der Waals surface area contributed by atoms with E-state index in [0.29, 0.717) is 0 Å². The molecule has 0 aliphatic rings. The smallest absolute Gasteiger partial charge is 0.0495 e. The molecule has 0 bridgehead atoms. The molecule has 0 unspecified atom stereocenters. The molecule has 34 heavy (non-hydrogen) atoms. The number of aliphatic imine (C=N–C) groups is 1. The molecule has 0 fully saturated rings. The first-order valence-electron chi connectivity index (χ1n) is 11.9. The van der Waals surface area contributed by atoms with E-state index in [2.05, 4.69) is 141 Å². The first-order valence-corrected chi connectivity index (χ1v) is 14.6. The van der Waals surface area contributed by atoms with Crippen LogP contribution >= 0.6 is 15.8 Å². The number of benzene rings is 4. The fraction of sp³-hybridized carbons (Fsp3) is 0.129. The second-order valence-electron chi connectivity index (χ2n) is 7.89. The van der Waals surface area contributed by atoms with Crippen molar-refractivity contribution in [2.45, 2.75) is 26.7 Å². The summed E-state index contributed by atoms with van der Waals surface area (Å²) in [5.74, 6) is 0. The normalized spacial score (nSPS) is 12.4. The largest absolute Gasteiger partial charge is 0.260 e. The monoisotopic (exact) mass is 479 g/mol. The SMILES string of the molecule is CCC(=N/C=C(/CC)P(c1ccccc1)c1ccccc1)P(c1ccccc1)c1ccccc1. The molecule has 3 heteroatoms. The van der Waals surface area contributed by atoms with Crippen LogP contribution in [0.4, 0.5) is 0 Å².